The molecule has 0 atom stereocenters. The standard InChI is InChI=1S/C23H19N3O2S2/c27-21(10-5-11-22-25-16-6-1-3-8-19(16)29-22)24-14-15-12-13-18(28-15)23-26-17-7-2-4-9-20(17)30-23/h1-4,6-9,12-13H,5,10-11,14H2,(H,24,27). The fourth-order valence-corrected chi connectivity index (χ4v) is 5.20. The van der Waals surface area contributed by atoms with Crippen molar-refractivity contribution in [2.24, 2.45) is 0 Å². The van der Waals surface area contributed by atoms with Crippen LogP contribution in [0, 0.1) is 0 Å². The van der Waals surface area contributed by atoms with Crippen LogP contribution in [0.15, 0.2) is 65.1 Å². The summed E-state index contributed by atoms with van der Waals surface area (Å²) in [6.45, 7) is 0.380. The molecule has 5 aromatic rings. The first-order valence-corrected chi connectivity index (χ1v) is 11.4. The Morgan fingerprint density at radius 2 is 1.63 bits per heavy atom. The van der Waals surface area contributed by atoms with Crippen molar-refractivity contribution < 1.29 is 9.21 Å². The molecule has 0 aliphatic carbocycles. The topological polar surface area (TPSA) is 68.0 Å². The molecule has 0 fully saturated rings. The number of hydrogen-bond acceptors (Lipinski definition) is 6. The largest absolute Gasteiger partial charge is 0.457 e. The van der Waals surface area contributed by atoms with Crippen molar-refractivity contribution in [2.75, 3.05) is 0 Å². The Morgan fingerprint density at radius 3 is 2.40 bits per heavy atom. The summed E-state index contributed by atoms with van der Waals surface area (Å²) in [6, 6.07) is 19.9. The number of carbonyl (C=O) groups is 1. The van der Waals surface area contributed by atoms with Crippen molar-refractivity contribution in [1.82, 2.24) is 15.3 Å². The van der Waals surface area contributed by atoms with Gasteiger partial charge in [0.05, 0.1) is 32.0 Å². The summed E-state index contributed by atoms with van der Waals surface area (Å²) in [6.07, 6.45) is 2.07. The number of aromatic nitrogens is 2. The van der Waals surface area contributed by atoms with Crippen LogP contribution >= 0.6 is 22.7 Å². The third kappa shape index (κ3) is 4.13. The number of amides is 1. The predicted molar refractivity (Wildman–Crippen MR) is 122 cm³/mol. The third-order valence-electron chi connectivity index (χ3n) is 4.76. The lowest BCUT2D eigenvalue weighted by Gasteiger charge is -2.02. The van der Waals surface area contributed by atoms with Crippen LogP contribution in [0.25, 0.3) is 31.2 Å². The van der Waals surface area contributed by atoms with Crippen molar-refractivity contribution in [3.63, 3.8) is 0 Å². The van der Waals surface area contributed by atoms with Gasteiger partial charge in [-0.1, -0.05) is 24.3 Å². The molecule has 30 heavy (non-hydrogen) atoms. The quantitative estimate of drug-likeness (QED) is 0.352. The van der Waals surface area contributed by atoms with Gasteiger partial charge in [-0.2, -0.15) is 0 Å². The first-order chi connectivity index (χ1) is 14.7. The lowest BCUT2D eigenvalue weighted by atomic mass is 10.2. The van der Waals surface area contributed by atoms with Crippen LogP contribution in [0.4, 0.5) is 0 Å². The molecule has 150 valence electrons. The van der Waals surface area contributed by atoms with Crippen LogP contribution < -0.4 is 5.32 Å². The summed E-state index contributed by atoms with van der Waals surface area (Å²) in [7, 11) is 0. The Bertz CT molecular complexity index is 1250. The van der Waals surface area contributed by atoms with Gasteiger partial charge in [-0.15, -0.1) is 22.7 Å². The summed E-state index contributed by atoms with van der Waals surface area (Å²) in [5, 5.41) is 4.87. The van der Waals surface area contributed by atoms with E-state index in [0.717, 1.165) is 50.1 Å². The minimum atomic E-state index is 0.0223. The molecule has 0 saturated heterocycles. The van der Waals surface area contributed by atoms with Gasteiger partial charge in [0.1, 0.15) is 5.76 Å². The van der Waals surface area contributed by atoms with E-state index in [9.17, 15) is 4.79 Å². The van der Waals surface area contributed by atoms with E-state index in [-0.39, 0.29) is 5.91 Å². The Morgan fingerprint density at radius 1 is 0.900 bits per heavy atom. The molecule has 5 nitrogen and oxygen atoms in total. The van der Waals surface area contributed by atoms with E-state index in [1.165, 1.54) is 4.70 Å². The van der Waals surface area contributed by atoms with Gasteiger partial charge in [0.25, 0.3) is 0 Å². The fourth-order valence-electron chi connectivity index (χ4n) is 3.27. The molecule has 1 N–H and O–H groups in total. The minimum Gasteiger partial charge on any atom is -0.457 e. The number of aryl methyl sites for hydroxylation is 1. The maximum Gasteiger partial charge on any atom is 0.220 e. The number of thiazole rings is 2. The second kappa shape index (κ2) is 8.38. The molecule has 0 spiro atoms. The highest BCUT2D eigenvalue weighted by molar-refractivity contribution is 7.21. The maximum atomic E-state index is 12.2. The number of fused-ring (bicyclic) bond motifs is 2. The van der Waals surface area contributed by atoms with Gasteiger partial charge in [-0.25, -0.2) is 9.97 Å². The monoisotopic (exact) mass is 433 g/mol. The Kier molecular flexibility index (Phi) is 5.29. The molecule has 1 amide bonds. The normalized spacial score (nSPS) is 11.3. The van der Waals surface area contributed by atoms with Crippen LogP contribution in [-0.4, -0.2) is 15.9 Å². The van der Waals surface area contributed by atoms with E-state index in [4.69, 9.17) is 4.42 Å². The lowest BCUT2D eigenvalue weighted by Crippen LogP contribution is -2.22. The van der Waals surface area contributed by atoms with Gasteiger partial charge >= 0.3 is 0 Å². The third-order valence-corrected chi connectivity index (χ3v) is 6.91. The van der Waals surface area contributed by atoms with Crippen molar-refractivity contribution in [1.29, 1.82) is 0 Å². The highest BCUT2D eigenvalue weighted by Gasteiger charge is 2.11. The van der Waals surface area contributed by atoms with Crippen LogP contribution in [0.3, 0.4) is 0 Å². The molecule has 0 aliphatic rings. The van der Waals surface area contributed by atoms with E-state index in [0.29, 0.717) is 13.0 Å². The number of benzene rings is 2. The number of rotatable bonds is 7. The van der Waals surface area contributed by atoms with E-state index < -0.39 is 0 Å². The predicted octanol–water partition coefficient (Wildman–Crippen LogP) is 5.81. The van der Waals surface area contributed by atoms with Gasteiger partial charge < -0.3 is 9.73 Å². The van der Waals surface area contributed by atoms with Crippen molar-refractivity contribution in [3.8, 4) is 10.8 Å². The van der Waals surface area contributed by atoms with Gasteiger partial charge in [-0.3, -0.25) is 4.79 Å². The number of nitrogens with zero attached hydrogens (tertiary/aromatic N) is 2. The lowest BCUT2D eigenvalue weighted by molar-refractivity contribution is -0.121. The van der Waals surface area contributed by atoms with E-state index in [2.05, 4.69) is 27.4 Å². The number of hydrogen-bond donors (Lipinski definition) is 1. The molecule has 0 radical (unpaired) electrons. The van der Waals surface area contributed by atoms with Gasteiger partial charge in [0.2, 0.25) is 5.91 Å². The minimum absolute atomic E-state index is 0.0223. The first-order valence-electron chi connectivity index (χ1n) is 9.80. The molecule has 3 heterocycles. The van der Waals surface area contributed by atoms with Crippen LogP contribution in [-0.2, 0) is 17.8 Å². The Hall–Kier alpha value is -3.03. The SMILES string of the molecule is O=C(CCCc1nc2ccccc2s1)NCc1ccc(-c2nc3ccccc3s2)o1. The van der Waals surface area contributed by atoms with Gasteiger partial charge in [0, 0.05) is 6.42 Å². The molecule has 5 rings (SSSR count). The van der Waals surface area contributed by atoms with E-state index in [1.54, 1.807) is 22.7 Å². The molecular formula is C23H19N3O2S2. The average molecular weight is 434 g/mol. The first kappa shape index (κ1) is 19.0. The molecular weight excluding hydrogens is 414 g/mol. The van der Waals surface area contributed by atoms with Crippen LogP contribution in [0.1, 0.15) is 23.6 Å². The van der Waals surface area contributed by atoms with Crippen molar-refractivity contribution >= 4 is 49.0 Å². The molecule has 0 saturated carbocycles. The highest BCUT2D eigenvalue weighted by atomic mass is 32.1. The smallest absolute Gasteiger partial charge is 0.220 e. The Labute approximate surface area is 181 Å². The van der Waals surface area contributed by atoms with E-state index >= 15 is 0 Å². The molecule has 7 heteroatoms. The summed E-state index contributed by atoms with van der Waals surface area (Å²) in [5.41, 5.74) is 2.00. The summed E-state index contributed by atoms with van der Waals surface area (Å²) < 4.78 is 8.21. The molecule has 0 aliphatic heterocycles. The second-order valence-electron chi connectivity index (χ2n) is 6.96. The number of carbonyl (C=O) groups excluding carboxylic acids is 1. The zero-order chi connectivity index (χ0) is 20.3. The zero-order valence-electron chi connectivity index (χ0n) is 16.1. The van der Waals surface area contributed by atoms with Crippen molar-refractivity contribution in [3.05, 3.63) is 71.4 Å². The Balaban J connectivity index is 1.12. The molecule has 0 unspecified atom stereocenters. The summed E-state index contributed by atoms with van der Waals surface area (Å²) >= 11 is 3.30. The summed E-state index contributed by atoms with van der Waals surface area (Å²) in [5.74, 6) is 1.48. The van der Waals surface area contributed by atoms with Crippen molar-refractivity contribution in [2.45, 2.75) is 25.8 Å². The number of nitrogens with one attached hydrogen (secondary N) is 1. The molecule has 2 aromatic carbocycles. The maximum absolute atomic E-state index is 12.2. The number of para-hydroxylation sites is 2. The van der Waals surface area contributed by atoms with Crippen LogP contribution in [0.2, 0.25) is 0 Å². The zero-order valence-corrected chi connectivity index (χ0v) is 17.8. The fraction of sp³-hybridized carbons (Fsp3) is 0.174. The van der Waals surface area contributed by atoms with E-state index in [1.807, 2.05) is 48.5 Å². The highest BCUT2D eigenvalue weighted by Crippen LogP contribution is 2.31. The summed E-state index contributed by atoms with van der Waals surface area (Å²) in [4.78, 5) is 21.4. The number of furan rings is 1. The average Bonchev–Trinajstić information content (AvgIpc) is 3.48. The molecule has 0 bridgehead atoms. The second-order valence-corrected chi connectivity index (χ2v) is 9.10. The van der Waals surface area contributed by atoms with Gasteiger partial charge in [0.15, 0.2) is 10.8 Å². The van der Waals surface area contributed by atoms with Gasteiger partial charge in [-0.05, 0) is 49.2 Å². The van der Waals surface area contributed by atoms with Crippen LogP contribution in [0.5, 0.6) is 0 Å². The molecule has 3 aromatic heterocycles.